The standard InChI is InChI=1S/C27H45N9O7/c1-27(2,3)43-22(38)14-19(16-31-33-25(41)30-15-17-7-9-18(10-8-17)23(39)29-4)32-24(40)20-6-5-12-35-21(37)11-13-34(28)26(42)36(20)35/h16-20H,5-15,28H2,1-4H3,(H,29,39)(H,32,40)(H2,30,33,41)/b31-16+/t17-,18-,19-,20-/m0/s1. The molecule has 2 atom stereocenters. The van der Waals surface area contributed by atoms with Gasteiger partial charge >= 0.3 is 18.0 Å². The van der Waals surface area contributed by atoms with E-state index in [2.05, 4.69) is 26.5 Å². The predicted octanol–water partition coefficient (Wildman–Crippen LogP) is -0.0522. The lowest BCUT2D eigenvalue weighted by Gasteiger charge is -2.42. The molecule has 16 heteroatoms. The Hall–Kier alpha value is -3.95. The molecule has 3 rings (SSSR count). The molecule has 2 saturated heterocycles. The number of hydrazine groups is 2. The van der Waals surface area contributed by atoms with Crippen LogP contribution in [0.5, 0.6) is 0 Å². The number of amides is 7. The quantitative estimate of drug-likeness (QED) is 0.0787. The molecule has 7 amide bonds. The van der Waals surface area contributed by atoms with E-state index < -0.39 is 41.6 Å². The maximum Gasteiger partial charge on any atom is 0.353 e. The second-order valence-corrected chi connectivity index (χ2v) is 12.1. The number of nitrogens with two attached hydrogens (primary N) is 1. The molecule has 3 aliphatic rings. The van der Waals surface area contributed by atoms with Crippen molar-refractivity contribution in [2.45, 2.75) is 89.8 Å². The van der Waals surface area contributed by atoms with Crippen molar-refractivity contribution in [3.8, 4) is 0 Å². The van der Waals surface area contributed by atoms with Crippen molar-refractivity contribution in [3.63, 3.8) is 0 Å². The number of ether oxygens (including phenoxy) is 1. The van der Waals surface area contributed by atoms with E-state index in [0.29, 0.717) is 13.0 Å². The molecule has 0 aromatic carbocycles. The minimum absolute atomic E-state index is 0.000635. The maximum absolute atomic E-state index is 13.4. The van der Waals surface area contributed by atoms with Gasteiger partial charge in [0.25, 0.3) is 0 Å². The van der Waals surface area contributed by atoms with Crippen LogP contribution in [0.25, 0.3) is 0 Å². The molecule has 240 valence electrons. The van der Waals surface area contributed by atoms with E-state index in [4.69, 9.17) is 10.6 Å². The highest BCUT2D eigenvalue weighted by Crippen LogP contribution is 2.28. The van der Waals surface area contributed by atoms with Crippen molar-refractivity contribution >= 4 is 42.0 Å². The zero-order chi connectivity index (χ0) is 31.7. The first-order valence-electron chi connectivity index (χ1n) is 14.8. The van der Waals surface area contributed by atoms with E-state index in [1.54, 1.807) is 27.8 Å². The molecule has 0 spiro atoms. The van der Waals surface area contributed by atoms with Crippen molar-refractivity contribution in [1.82, 2.24) is 36.4 Å². The Kier molecular flexibility index (Phi) is 11.7. The summed E-state index contributed by atoms with van der Waals surface area (Å²) in [6.07, 6.45) is 4.86. The second-order valence-electron chi connectivity index (χ2n) is 12.1. The number of carbonyl (C=O) groups excluding carboxylic acids is 6. The van der Waals surface area contributed by atoms with Gasteiger partial charge in [0, 0.05) is 45.2 Å². The highest BCUT2D eigenvalue weighted by molar-refractivity contribution is 5.92. The van der Waals surface area contributed by atoms with E-state index >= 15 is 0 Å². The van der Waals surface area contributed by atoms with Gasteiger partial charge in [-0.2, -0.15) is 5.10 Å². The third kappa shape index (κ3) is 9.80. The fraction of sp³-hybridized carbons (Fsp3) is 0.741. The molecule has 6 N–H and O–H groups in total. The Morgan fingerprint density at radius 3 is 2.42 bits per heavy atom. The number of rotatable bonds is 9. The topological polar surface area (TPSA) is 208 Å². The third-order valence-corrected chi connectivity index (χ3v) is 7.57. The number of carbonyl (C=O) groups is 6. The zero-order valence-electron chi connectivity index (χ0n) is 25.4. The summed E-state index contributed by atoms with van der Waals surface area (Å²) < 4.78 is 5.39. The highest BCUT2D eigenvalue weighted by atomic mass is 16.6. The van der Waals surface area contributed by atoms with Gasteiger partial charge in [-0.05, 0) is 65.2 Å². The molecule has 0 bridgehead atoms. The molecule has 3 fully saturated rings. The molecule has 16 nitrogen and oxygen atoms in total. The van der Waals surface area contributed by atoms with Gasteiger partial charge in [0.1, 0.15) is 11.6 Å². The fourth-order valence-electron chi connectivity index (χ4n) is 5.41. The highest BCUT2D eigenvalue weighted by Gasteiger charge is 2.43. The van der Waals surface area contributed by atoms with Crippen molar-refractivity contribution in [2.75, 3.05) is 26.7 Å². The fourth-order valence-corrected chi connectivity index (χ4v) is 5.41. The molecule has 0 unspecified atom stereocenters. The summed E-state index contributed by atoms with van der Waals surface area (Å²) in [6, 6.07) is -3.28. The number of hydrogen-bond donors (Lipinski definition) is 5. The molecular weight excluding hydrogens is 562 g/mol. The number of hydrazone groups is 1. The van der Waals surface area contributed by atoms with Crippen molar-refractivity contribution in [3.05, 3.63) is 0 Å². The van der Waals surface area contributed by atoms with Gasteiger partial charge in [-0.1, -0.05) is 0 Å². The minimum Gasteiger partial charge on any atom is -0.460 e. The van der Waals surface area contributed by atoms with Crippen molar-refractivity contribution in [2.24, 2.45) is 22.8 Å². The van der Waals surface area contributed by atoms with Crippen LogP contribution in [0.2, 0.25) is 0 Å². The molecule has 0 aromatic heterocycles. The van der Waals surface area contributed by atoms with Crippen LogP contribution in [-0.4, -0.2) is 101 Å². The summed E-state index contributed by atoms with van der Waals surface area (Å²) in [4.78, 5) is 75.7. The zero-order valence-corrected chi connectivity index (χ0v) is 25.4. The van der Waals surface area contributed by atoms with Gasteiger partial charge in [0.15, 0.2) is 0 Å². The van der Waals surface area contributed by atoms with Gasteiger partial charge in [-0.25, -0.2) is 30.9 Å². The van der Waals surface area contributed by atoms with Gasteiger partial charge in [-0.3, -0.25) is 24.2 Å². The summed E-state index contributed by atoms with van der Waals surface area (Å²) in [5, 5.41) is 15.3. The van der Waals surface area contributed by atoms with E-state index in [1.807, 2.05) is 0 Å². The third-order valence-electron chi connectivity index (χ3n) is 7.57. The van der Waals surface area contributed by atoms with Gasteiger partial charge in [0.05, 0.1) is 12.5 Å². The molecule has 2 aliphatic heterocycles. The first kappa shape index (κ1) is 33.6. The Morgan fingerprint density at radius 2 is 1.77 bits per heavy atom. The first-order chi connectivity index (χ1) is 20.3. The van der Waals surface area contributed by atoms with Gasteiger partial charge in [0.2, 0.25) is 17.7 Å². The Labute approximate surface area is 251 Å². The average molecular weight is 608 g/mol. The van der Waals surface area contributed by atoms with E-state index in [0.717, 1.165) is 35.7 Å². The van der Waals surface area contributed by atoms with Crippen LogP contribution in [0, 0.1) is 11.8 Å². The van der Waals surface area contributed by atoms with Gasteiger partial charge in [-0.15, -0.1) is 0 Å². The lowest BCUT2D eigenvalue weighted by Crippen LogP contribution is -2.64. The number of nitrogens with one attached hydrogen (secondary N) is 4. The van der Waals surface area contributed by atoms with E-state index in [9.17, 15) is 28.8 Å². The Bertz CT molecular complexity index is 1090. The lowest BCUT2D eigenvalue weighted by atomic mass is 9.81. The van der Waals surface area contributed by atoms with E-state index in [1.165, 1.54) is 11.2 Å². The molecule has 1 aliphatic carbocycles. The summed E-state index contributed by atoms with van der Waals surface area (Å²) in [6.45, 7) is 5.85. The average Bonchev–Trinajstić information content (AvgIpc) is 3.06. The van der Waals surface area contributed by atoms with Crippen LogP contribution >= 0.6 is 0 Å². The second kappa shape index (κ2) is 15.0. The molecule has 0 radical (unpaired) electrons. The number of fused-ring (bicyclic) bond motifs is 1. The van der Waals surface area contributed by atoms with Crippen LogP contribution in [-0.2, 0) is 23.9 Å². The molecule has 2 heterocycles. The van der Waals surface area contributed by atoms with Crippen LogP contribution in [0.1, 0.15) is 72.1 Å². The maximum atomic E-state index is 13.4. The monoisotopic (exact) mass is 607 g/mol. The normalized spacial score (nSPS) is 23.7. The van der Waals surface area contributed by atoms with E-state index in [-0.39, 0.29) is 56.0 Å². The number of hydrogen-bond acceptors (Lipinski definition) is 9. The number of urea groups is 2. The van der Waals surface area contributed by atoms with Crippen LogP contribution < -0.4 is 27.2 Å². The van der Waals surface area contributed by atoms with Crippen molar-refractivity contribution < 1.29 is 33.5 Å². The predicted molar refractivity (Wildman–Crippen MR) is 154 cm³/mol. The summed E-state index contributed by atoms with van der Waals surface area (Å²) >= 11 is 0. The van der Waals surface area contributed by atoms with Gasteiger partial charge < -0.3 is 20.7 Å². The smallest absolute Gasteiger partial charge is 0.353 e. The number of esters is 1. The van der Waals surface area contributed by atoms with Crippen molar-refractivity contribution in [1.29, 1.82) is 0 Å². The minimum atomic E-state index is -1.04. The molecule has 1 saturated carbocycles. The number of nitrogens with zero attached hydrogens (tertiary/aromatic N) is 4. The lowest BCUT2D eigenvalue weighted by molar-refractivity contribution is -0.155. The Balaban J connectivity index is 1.61. The summed E-state index contributed by atoms with van der Waals surface area (Å²) in [7, 11) is 1.63. The largest absolute Gasteiger partial charge is 0.460 e. The van der Waals surface area contributed by atoms with Crippen LogP contribution in [0.4, 0.5) is 9.59 Å². The molecule has 43 heavy (non-hydrogen) atoms. The SMILES string of the molecule is CNC(=O)[C@H]1CC[C@H](CNC(=O)N/N=C/[C@H](CC(=O)OC(C)(C)C)NC(=O)[C@@H]2CCCN3C(=O)CCN(N)C(=O)N23)CC1. The summed E-state index contributed by atoms with van der Waals surface area (Å²) in [5.41, 5.74) is 1.58. The summed E-state index contributed by atoms with van der Waals surface area (Å²) in [5.74, 6) is 4.55. The van der Waals surface area contributed by atoms with Crippen LogP contribution in [0.3, 0.4) is 0 Å². The molecular formula is C27H45N9O7. The molecule has 0 aromatic rings. The first-order valence-corrected chi connectivity index (χ1v) is 14.8. The Morgan fingerprint density at radius 1 is 1.07 bits per heavy atom. The van der Waals surface area contributed by atoms with Crippen LogP contribution in [0.15, 0.2) is 5.10 Å².